The highest BCUT2D eigenvalue weighted by atomic mass is 32.1. The Hall–Kier alpha value is -4.36. The zero-order chi connectivity index (χ0) is 24.9. The van der Waals surface area contributed by atoms with E-state index < -0.39 is 0 Å². The van der Waals surface area contributed by atoms with Gasteiger partial charge in [-0.15, -0.1) is 10.2 Å². The van der Waals surface area contributed by atoms with Crippen molar-refractivity contribution in [1.82, 2.24) is 9.97 Å². The van der Waals surface area contributed by atoms with E-state index in [9.17, 15) is 0 Å². The second kappa shape index (κ2) is 10.5. The first kappa shape index (κ1) is 23.4. The van der Waals surface area contributed by atoms with Gasteiger partial charge in [0, 0.05) is 16.8 Å². The van der Waals surface area contributed by atoms with E-state index in [2.05, 4.69) is 81.1 Å². The van der Waals surface area contributed by atoms with E-state index >= 15 is 0 Å². The standard InChI is InChI=1S/C29H26N6S/c1-19-25(26(22-13-7-4-8-14-22)27(30-19)23-15-9-5-10-16-23)20(2)32-35-29-31-21(3)28(36-29)34-33-24-17-11-6-12-18-24/h4-18,30H,1-3H3,(H,31,35). The van der Waals surface area contributed by atoms with Gasteiger partial charge in [0.15, 0.2) is 5.00 Å². The topological polar surface area (TPSA) is 77.8 Å². The van der Waals surface area contributed by atoms with Crippen LogP contribution in [0.2, 0.25) is 0 Å². The summed E-state index contributed by atoms with van der Waals surface area (Å²) in [5, 5.41) is 14.8. The summed E-state index contributed by atoms with van der Waals surface area (Å²) < 4.78 is 0. The third-order valence-corrected chi connectivity index (χ3v) is 6.72. The minimum absolute atomic E-state index is 0.673. The molecule has 0 aliphatic rings. The molecule has 36 heavy (non-hydrogen) atoms. The van der Waals surface area contributed by atoms with Crippen molar-refractivity contribution in [2.45, 2.75) is 20.8 Å². The quantitative estimate of drug-likeness (QED) is 0.136. The second-order valence-corrected chi connectivity index (χ2v) is 9.34. The molecule has 3 aromatic carbocycles. The summed E-state index contributed by atoms with van der Waals surface area (Å²) in [5.41, 5.74) is 12.2. The number of nitrogens with zero attached hydrogens (tertiary/aromatic N) is 4. The number of aryl methyl sites for hydroxylation is 2. The van der Waals surface area contributed by atoms with Crippen LogP contribution in [0.3, 0.4) is 0 Å². The van der Waals surface area contributed by atoms with Crippen molar-refractivity contribution < 1.29 is 0 Å². The third-order valence-electron chi connectivity index (χ3n) is 5.78. The molecule has 5 rings (SSSR count). The fourth-order valence-electron chi connectivity index (χ4n) is 4.11. The van der Waals surface area contributed by atoms with Crippen LogP contribution in [-0.2, 0) is 0 Å². The van der Waals surface area contributed by atoms with Gasteiger partial charge in [0.05, 0.1) is 22.8 Å². The Morgan fingerprint density at radius 1 is 0.806 bits per heavy atom. The van der Waals surface area contributed by atoms with E-state index in [1.54, 1.807) is 0 Å². The molecule has 0 saturated heterocycles. The van der Waals surface area contributed by atoms with Gasteiger partial charge < -0.3 is 4.98 Å². The maximum Gasteiger partial charge on any atom is 0.205 e. The van der Waals surface area contributed by atoms with Gasteiger partial charge in [-0.1, -0.05) is 90.2 Å². The first-order chi connectivity index (χ1) is 17.6. The van der Waals surface area contributed by atoms with Gasteiger partial charge in [-0.2, -0.15) is 5.10 Å². The minimum Gasteiger partial charge on any atom is -0.358 e. The van der Waals surface area contributed by atoms with Crippen LogP contribution >= 0.6 is 11.3 Å². The monoisotopic (exact) mass is 490 g/mol. The molecule has 0 radical (unpaired) electrons. The first-order valence-corrected chi connectivity index (χ1v) is 12.5. The first-order valence-electron chi connectivity index (χ1n) is 11.7. The molecule has 2 N–H and O–H groups in total. The highest BCUT2D eigenvalue weighted by molar-refractivity contribution is 7.19. The molecule has 0 saturated carbocycles. The molecule has 0 spiro atoms. The van der Waals surface area contributed by atoms with Crippen LogP contribution in [0, 0.1) is 13.8 Å². The van der Waals surface area contributed by atoms with Crippen LogP contribution < -0.4 is 5.43 Å². The Kier molecular flexibility index (Phi) is 6.82. The average Bonchev–Trinajstić information content (AvgIpc) is 3.46. The van der Waals surface area contributed by atoms with Gasteiger partial charge in [-0.25, -0.2) is 4.98 Å². The Bertz CT molecular complexity index is 1520. The predicted octanol–water partition coefficient (Wildman–Crippen LogP) is 8.67. The molecule has 2 heterocycles. The van der Waals surface area contributed by atoms with E-state index in [1.807, 2.05) is 56.3 Å². The molecule has 2 aromatic heterocycles. The van der Waals surface area contributed by atoms with Gasteiger partial charge in [0.2, 0.25) is 5.13 Å². The fourth-order valence-corrected chi connectivity index (χ4v) is 4.84. The van der Waals surface area contributed by atoms with Crippen molar-refractivity contribution >= 4 is 32.9 Å². The molecule has 178 valence electrons. The fraction of sp³-hybridized carbons (Fsp3) is 0.103. The Morgan fingerprint density at radius 3 is 2.08 bits per heavy atom. The summed E-state index contributed by atoms with van der Waals surface area (Å²) in [6.45, 7) is 6.03. The number of hydrogen-bond donors (Lipinski definition) is 2. The van der Waals surface area contributed by atoms with Crippen molar-refractivity contribution in [3.8, 4) is 22.4 Å². The number of azo groups is 1. The number of aromatic amines is 1. The van der Waals surface area contributed by atoms with Crippen molar-refractivity contribution in [2.75, 3.05) is 5.43 Å². The largest absolute Gasteiger partial charge is 0.358 e. The van der Waals surface area contributed by atoms with Crippen molar-refractivity contribution in [3.63, 3.8) is 0 Å². The van der Waals surface area contributed by atoms with Crippen LogP contribution in [-0.4, -0.2) is 15.7 Å². The van der Waals surface area contributed by atoms with Gasteiger partial charge in [-0.3, -0.25) is 5.43 Å². The molecule has 0 bridgehead atoms. The minimum atomic E-state index is 0.673. The van der Waals surface area contributed by atoms with Crippen LogP contribution in [0.1, 0.15) is 23.9 Å². The SMILES string of the molecule is CC(=NNc1nc(C)c(N=Nc2ccccc2)s1)c1c(C)[nH]c(-c2ccccc2)c1-c1ccccc1. The Balaban J connectivity index is 1.47. The van der Waals surface area contributed by atoms with E-state index in [4.69, 9.17) is 5.10 Å². The molecule has 0 atom stereocenters. The van der Waals surface area contributed by atoms with Crippen molar-refractivity contribution in [3.05, 3.63) is 108 Å². The van der Waals surface area contributed by atoms with Gasteiger partial charge in [0.25, 0.3) is 0 Å². The molecular formula is C29H26N6S. The van der Waals surface area contributed by atoms with Crippen molar-refractivity contribution in [2.24, 2.45) is 15.3 Å². The number of benzene rings is 3. The lowest BCUT2D eigenvalue weighted by Crippen LogP contribution is -2.02. The smallest absolute Gasteiger partial charge is 0.205 e. The number of hydrogen-bond acceptors (Lipinski definition) is 6. The molecule has 0 aliphatic carbocycles. The summed E-state index contributed by atoms with van der Waals surface area (Å²) in [5.74, 6) is 0. The Morgan fingerprint density at radius 2 is 1.42 bits per heavy atom. The van der Waals surface area contributed by atoms with E-state index in [0.29, 0.717) is 5.13 Å². The summed E-state index contributed by atoms with van der Waals surface area (Å²) in [7, 11) is 0. The molecule has 0 amide bonds. The number of thiazole rings is 1. The molecule has 0 aliphatic heterocycles. The number of anilines is 1. The predicted molar refractivity (Wildman–Crippen MR) is 150 cm³/mol. The van der Waals surface area contributed by atoms with Crippen molar-refractivity contribution in [1.29, 1.82) is 0 Å². The molecule has 6 nitrogen and oxygen atoms in total. The maximum atomic E-state index is 4.71. The van der Waals surface area contributed by atoms with E-state index in [-0.39, 0.29) is 0 Å². The maximum absolute atomic E-state index is 4.71. The summed E-state index contributed by atoms with van der Waals surface area (Å²) in [6, 6.07) is 30.5. The van der Waals surface area contributed by atoms with Crippen LogP contribution in [0.5, 0.6) is 0 Å². The van der Waals surface area contributed by atoms with Gasteiger partial charge in [0.1, 0.15) is 0 Å². The lowest BCUT2D eigenvalue weighted by molar-refractivity contribution is 1.17. The summed E-state index contributed by atoms with van der Waals surface area (Å²) in [6.07, 6.45) is 0. The Labute approximate surface area is 214 Å². The summed E-state index contributed by atoms with van der Waals surface area (Å²) in [4.78, 5) is 8.19. The van der Waals surface area contributed by atoms with Gasteiger partial charge in [-0.05, 0) is 44.0 Å². The highest BCUT2D eigenvalue weighted by Crippen LogP contribution is 2.37. The zero-order valence-corrected chi connectivity index (χ0v) is 21.2. The zero-order valence-electron chi connectivity index (χ0n) is 20.4. The number of aromatic nitrogens is 2. The molecule has 0 fully saturated rings. The van der Waals surface area contributed by atoms with E-state index in [0.717, 1.165) is 55.7 Å². The lowest BCUT2D eigenvalue weighted by atomic mass is 9.95. The average molecular weight is 491 g/mol. The third kappa shape index (κ3) is 5.01. The normalized spacial score (nSPS) is 11.8. The highest BCUT2D eigenvalue weighted by Gasteiger charge is 2.20. The number of nitrogens with one attached hydrogen (secondary N) is 2. The molecular weight excluding hydrogens is 464 g/mol. The van der Waals surface area contributed by atoms with Crippen LogP contribution in [0.25, 0.3) is 22.4 Å². The number of hydrazone groups is 1. The molecule has 7 heteroatoms. The number of H-pyrrole nitrogens is 1. The van der Waals surface area contributed by atoms with Crippen LogP contribution in [0.15, 0.2) is 106 Å². The molecule has 5 aromatic rings. The second-order valence-electron chi connectivity index (χ2n) is 8.36. The van der Waals surface area contributed by atoms with E-state index in [1.165, 1.54) is 11.3 Å². The van der Waals surface area contributed by atoms with Crippen LogP contribution in [0.4, 0.5) is 15.8 Å². The van der Waals surface area contributed by atoms with Gasteiger partial charge >= 0.3 is 0 Å². The number of rotatable bonds is 7. The lowest BCUT2D eigenvalue weighted by Gasteiger charge is -2.09. The molecule has 0 unspecified atom stereocenters. The summed E-state index contributed by atoms with van der Waals surface area (Å²) >= 11 is 1.43.